The molecule has 3 heterocycles. The fraction of sp³-hybridized carbons (Fsp3) is 0.579. The first-order valence-electron chi connectivity index (χ1n) is 8.80. The molecule has 5 rings (SSSR count). The second kappa shape index (κ2) is 4.82. The second-order valence-corrected chi connectivity index (χ2v) is 7.59. The number of nitrogens with one attached hydrogen (secondary N) is 1. The minimum absolute atomic E-state index is 0.103. The number of rotatable bonds is 2. The highest BCUT2D eigenvalue weighted by molar-refractivity contribution is 5.65. The van der Waals surface area contributed by atoms with E-state index < -0.39 is 0 Å². The average Bonchev–Trinajstić information content (AvgIpc) is 3.12. The topological polar surface area (TPSA) is 55.7 Å². The number of piperidine rings is 1. The van der Waals surface area contributed by atoms with Crippen molar-refractivity contribution in [1.82, 2.24) is 4.90 Å². The first-order valence-corrected chi connectivity index (χ1v) is 8.80. The highest BCUT2D eigenvalue weighted by atomic mass is 16.3. The standard InChI is InChI=1S/C19H24N2O2/c22-8-5-12-10-21-7-6-19-15-3-1-2-4-16(15)20-18(19)14(11-23)13(12)9-17(19)21/h1-5,13-14,17-18,20,22-23H,6-11H2/t13-,14+,17-,18-,19+/m0/s1. The van der Waals surface area contributed by atoms with Gasteiger partial charge in [-0.1, -0.05) is 29.8 Å². The predicted molar refractivity (Wildman–Crippen MR) is 89.4 cm³/mol. The monoisotopic (exact) mass is 312 g/mol. The minimum Gasteiger partial charge on any atom is -0.396 e. The van der Waals surface area contributed by atoms with Crippen LogP contribution in [0.2, 0.25) is 0 Å². The van der Waals surface area contributed by atoms with Crippen molar-refractivity contribution < 1.29 is 10.2 Å². The SMILES string of the molecule is OCC=C1CN2CC[C@]34c5ccccc5N[C@H]3[C@H](CO)[C@H]1C[C@H]24. The molecule has 1 saturated carbocycles. The number of aliphatic hydroxyl groups excluding tert-OH is 2. The van der Waals surface area contributed by atoms with Gasteiger partial charge in [0, 0.05) is 42.3 Å². The first-order chi connectivity index (χ1) is 11.3. The number of fused-ring (bicyclic) bond motifs is 2. The number of hydrogen-bond donors (Lipinski definition) is 3. The molecule has 0 radical (unpaired) electrons. The third-order valence-corrected chi connectivity index (χ3v) is 6.99. The molecule has 3 N–H and O–H groups in total. The summed E-state index contributed by atoms with van der Waals surface area (Å²) in [6.07, 6.45) is 4.27. The molecule has 3 aliphatic heterocycles. The lowest BCUT2D eigenvalue weighted by Gasteiger charge is -2.54. The van der Waals surface area contributed by atoms with Gasteiger partial charge in [0.2, 0.25) is 0 Å². The van der Waals surface area contributed by atoms with Crippen molar-refractivity contribution in [2.75, 3.05) is 31.6 Å². The maximum absolute atomic E-state index is 10.2. The largest absolute Gasteiger partial charge is 0.396 e. The highest BCUT2D eigenvalue weighted by Gasteiger charge is 2.64. The van der Waals surface area contributed by atoms with Crippen molar-refractivity contribution in [2.24, 2.45) is 11.8 Å². The lowest BCUT2D eigenvalue weighted by molar-refractivity contribution is 0.0294. The van der Waals surface area contributed by atoms with Crippen LogP contribution in [0.4, 0.5) is 5.69 Å². The van der Waals surface area contributed by atoms with Gasteiger partial charge in [0.15, 0.2) is 0 Å². The van der Waals surface area contributed by atoms with Gasteiger partial charge in [0.25, 0.3) is 0 Å². The number of aliphatic hydroxyl groups is 2. The molecule has 122 valence electrons. The Morgan fingerprint density at radius 2 is 2.17 bits per heavy atom. The van der Waals surface area contributed by atoms with Crippen LogP contribution >= 0.6 is 0 Å². The van der Waals surface area contributed by atoms with Crippen LogP contribution in [0.5, 0.6) is 0 Å². The molecule has 23 heavy (non-hydrogen) atoms. The quantitative estimate of drug-likeness (QED) is 0.722. The Kier molecular flexibility index (Phi) is 2.94. The Morgan fingerprint density at radius 3 is 3.00 bits per heavy atom. The summed E-state index contributed by atoms with van der Waals surface area (Å²) in [5.41, 5.74) is 4.21. The molecule has 1 aromatic rings. The summed E-state index contributed by atoms with van der Waals surface area (Å²) in [5, 5.41) is 23.4. The molecule has 4 heteroatoms. The van der Waals surface area contributed by atoms with Crippen molar-refractivity contribution in [3.8, 4) is 0 Å². The number of anilines is 1. The zero-order valence-corrected chi connectivity index (χ0v) is 13.3. The molecule has 1 spiro atoms. The van der Waals surface area contributed by atoms with Crippen molar-refractivity contribution in [3.63, 3.8) is 0 Å². The van der Waals surface area contributed by atoms with Gasteiger partial charge in [-0.2, -0.15) is 0 Å². The normalized spacial score (nSPS) is 42.4. The minimum atomic E-state index is 0.103. The van der Waals surface area contributed by atoms with E-state index in [9.17, 15) is 10.2 Å². The van der Waals surface area contributed by atoms with Crippen molar-refractivity contribution in [1.29, 1.82) is 0 Å². The van der Waals surface area contributed by atoms with Crippen LogP contribution < -0.4 is 5.32 Å². The van der Waals surface area contributed by atoms with E-state index in [2.05, 4.69) is 34.5 Å². The zero-order chi connectivity index (χ0) is 15.6. The maximum Gasteiger partial charge on any atom is 0.0615 e. The number of hydrogen-bond acceptors (Lipinski definition) is 4. The summed E-state index contributed by atoms with van der Waals surface area (Å²) in [6.45, 7) is 2.40. The van der Waals surface area contributed by atoms with Crippen LogP contribution in [0, 0.1) is 11.8 Å². The summed E-state index contributed by atoms with van der Waals surface area (Å²) in [4.78, 5) is 2.61. The van der Waals surface area contributed by atoms with E-state index in [1.54, 1.807) is 0 Å². The number of nitrogens with zero attached hydrogens (tertiary/aromatic N) is 1. The van der Waals surface area contributed by atoms with Crippen LogP contribution in [0.3, 0.4) is 0 Å². The fourth-order valence-corrected chi connectivity index (χ4v) is 6.16. The summed E-state index contributed by atoms with van der Waals surface area (Å²) < 4.78 is 0. The Labute approximate surface area is 136 Å². The Morgan fingerprint density at radius 1 is 1.30 bits per heavy atom. The maximum atomic E-state index is 10.2. The van der Waals surface area contributed by atoms with Crippen LogP contribution in [0.25, 0.3) is 0 Å². The average molecular weight is 312 g/mol. The molecule has 2 saturated heterocycles. The van der Waals surface area contributed by atoms with Crippen LogP contribution in [0.15, 0.2) is 35.9 Å². The molecule has 2 bridgehead atoms. The summed E-state index contributed by atoms with van der Waals surface area (Å²) in [7, 11) is 0. The third-order valence-electron chi connectivity index (χ3n) is 6.99. The van der Waals surface area contributed by atoms with E-state index in [-0.39, 0.29) is 24.5 Å². The summed E-state index contributed by atoms with van der Waals surface area (Å²) in [6, 6.07) is 9.60. The van der Waals surface area contributed by atoms with Crippen LogP contribution in [-0.2, 0) is 5.41 Å². The second-order valence-electron chi connectivity index (χ2n) is 7.59. The van der Waals surface area contributed by atoms with Gasteiger partial charge >= 0.3 is 0 Å². The van der Waals surface area contributed by atoms with Crippen LogP contribution in [-0.4, -0.2) is 53.5 Å². The Bertz CT molecular complexity index is 673. The number of benzene rings is 1. The van der Waals surface area contributed by atoms with Gasteiger partial charge in [0.1, 0.15) is 0 Å². The zero-order valence-electron chi connectivity index (χ0n) is 13.3. The molecule has 1 aliphatic carbocycles. The molecule has 4 aliphatic rings. The summed E-state index contributed by atoms with van der Waals surface area (Å²) >= 11 is 0. The van der Waals surface area contributed by atoms with Gasteiger partial charge < -0.3 is 15.5 Å². The summed E-state index contributed by atoms with van der Waals surface area (Å²) in [5.74, 6) is 0.628. The smallest absolute Gasteiger partial charge is 0.0615 e. The molecule has 5 atom stereocenters. The lowest BCUT2D eigenvalue weighted by atomic mass is 9.56. The van der Waals surface area contributed by atoms with E-state index in [0.29, 0.717) is 18.0 Å². The third kappa shape index (κ3) is 1.61. The Balaban J connectivity index is 1.67. The fourth-order valence-electron chi connectivity index (χ4n) is 6.16. The lowest BCUT2D eigenvalue weighted by Crippen LogP contribution is -2.62. The van der Waals surface area contributed by atoms with Gasteiger partial charge in [-0.3, -0.25) is 4.90 Å². The van der Waals surface area contributed by atoms with E-state index in [0.717, 1.165) is 19.5 Å². The van der Waals surface area contributed by atoms with Crippen molar-refractivity contribution in [2.45, 2.75) is 30.3 Å². The predicted octanol–water partition coefficient (Wildman–Crippen LogP) is 1.35. The highest BCUT2D eigenvalue weighted by Crippen LogP contribution is 2.60. The Hall–Kier alpha value is -1.36. The van der Waals surface area contributed by atoms with E-state index >= 15 is 0 Å². The van der Waals surface area contributed by atoms with Gasteiger partial charge in [-0.05, 0) is 36.9 Å². The van der Waals surface area contributed by atoms with E-state index in [1.165, 1.54) is 23.2 Å². The van der Waals surface area contributed by atoms with E-state index in [1.807, 2.05) is 6.08 Å². The van der Waals surface area contributed by atoms with E-state index in [4.69, 9.17) is 0 Å². The van der Waals surface area contributed by atoms with Gasteiger partial charge in [0.05, 0.1) is 6.61 Å². The molecule has 0 amide bonds. The first kappa shape index (κ1) is 14.0. The van der Waals surface area contributed by atoms with Crippen molar-refractivity contribution >= 4 is 5.69 Å². The molecule has 0 unspecified atom stereocenters. The number of para-hydroxylation sites is 1. The van der Waals surface area contributed by atoms with Crippen molar-refractivity contribution in [3.05, 3.63) is 41.5 Å². The molecular formula is C19H24N2O2. The molecule has 3 fully saturated rings. The molecular weight excluding hydrogens is 288 g/mol. The molecule has 0 aromatic heterocycles. The molecule has 4 nitrogen and oxygen atoms in total. The van der Waals surface area contributed by atoms with Gasteiger partial charge in [-0.25, -0.2) is 0 Å². The van der Waals surface area contributed by atoms with Crippen LogP contribution in [0.1, 0.15) is 18.4 Å². The van der Waals surface area contributed by atoms with Gasteiger partial charge in [-0.15, -0.1) is 0 Å². The molecule has 1 aromatic carbocycles.